The molecule has 3 heteroatoms. The molecule has 0 aliphatic rings. The zero-order chi connectivity index (χ0) is 13.8. The SMILES string of the molecule is CNC(c1ccc(C(C)(C)C)cc1)C(OC)OC. The van der Waals surface area contributed by atoms with Gasteiger partial charge in [-0.2, -0.15) is 0 Å². The molecule has 0 aromatic heterocycles. The lowest BCUT2D eigenvalue weighted by Gasteiger charge is -2.26. The molecule has 0 radical (unpaired) electrons. The summed E-state index contributed by atoms with van der Waals surface area (Å²) in [5, 5.41) is 3.23. The number of hydrogen-bond acceptors (Lipinski definition) is 3. The Kier molecular flexibility index (Phi) is 5.32. The zero-order valence-corrected chi connectivity index (χ0v) is 12.3. The van der Waals surface area contributed by atoms with Crippen LogP contribution in [0.2, 0.25) is 0 Å². The van der Waals surface area contributed by atoms with Crippen molar-refractivity contribution in [2.75, 3.05) is 21.3 Å². The fourth-order valence-corrected chi connectivity index (χ4v) is 2.02. The summed E-state index contributed by atoms with van der Waals surface area (Å²) in [5.41, 5.74) is 2.67. The fraction of sp³-hybridized carbons (Fsp3) is 0.600. The van der Waals surface area contributed by atoms with Crippen LogP contribution < -0.4 is 5.32 Å². The van der Waals surface area contributed by atoms with Crippen molar-refractivity contribution < 1.29 is 9.47 Å². The van der Waals surface area contributed by atoms with Crippen LogP contribution in [0.15, 0.2) is 24.3 Å². The molecule has 0 aliphatic carbocycles. The molecule has 1 aromatic rings. The van der Waals surface area contributed by atoms with Crippen molar-refractivity contribution in [2.45, 2.75) is 38.5 Å². The molecule has 0 saturated heterocycles. The summed E-state index contributed by atoms with van der Waals surface area (Å²) in [6.07, 6.45) is -0.282. The lowest BCUT2D eigenvalue weighted by atomic mass is 9.86. The van der Waals surface area contributed by atoms with Gasteiger partial charge in [0.1, 0.15) is 0 Å². The summed E-state index contributed by atoms with van der Waals surface area (Å²) < 4.78 is 10.6. The quantitative estimate of drug-likeness (QED) is 0.816. The molecule has 18 heavy (non-hydrogen) atoms. The Labute approximate surface area is 110 Å². The monoisotopic (exact) mass is 251 g/mol. The van der Waals surface area contributed by atoms with Gasteiger partial charge >= 0.3 is 0 Å². The third-order valence-corrected chi connectivity index (χ3v) is 3.18. The van der Waals surface area contributed by atoms with E-state index >= 15 is 0 Å². The molecule has 0 spiro atoms. The van der Waals surface area contributed by atoms with Gasteiger partial charge in [-0.3, -0.25) is 0 Å². The van der Waals surface area contributed by atoms with Crippen LogP contribution >= 0.6 is 0 Å². The van der Waals surface area contributed by atoms with Crippen LogP contribution in [0.3, 0.4) is 0 Å². The highest BCUT2D eigenvalue weighted by atomic mass is 16.7. The number of benzene rings is 1. The van der Waals surface area contributed by atoms with Crippen molar-refractivity contribution in [1.29, 1.82) is 0 Å². The predicted molar refractivity (Wildman–Crippen MR) is 74.7 cm³/mol. The van der Waals surface area contributed by atoms with Gasteiger partial charge in [0, 0.05) is 14.2 Å². The molecule has 3 nitrogen and oxygen atoms in total. The van der Waals surface area contributed by atoms with Gasteiger partial charge in [-0.25, -0.2) is 0 Å². The molecule has 102 valence electrons. The lowest BCUT2D eigenvalue weighted by Crippen LogP contribution is -2.32. The maximum Gasteiger partial charge on any atom is 0.176 e. The van der Waals surface area contributed by atoms with Gasteiger partial charge in [-0.1, -0.05) is 45.0 Å². The molecule has 0 heterocycles. The lowest BCUT2D eigenvalue weighted by molar-refractivity contribution is -0.123. The Balaban J connectivity index is 2.95. The minimum Gasteiger partial charge on any atom is -0.354 e. The van der Waals surface area contributed by atoms with E-state index in [0.717, 1.165) is 0 Å². The summed E-state index contributed by atoms with van der Waals surface area (Å²) in [7, 11) is 5.22. The van der Waals surface area contributed by atoms with Crippen molar-refractivity contribution in [2.24, 2.45) is 0 Å². The molecule has 1 atom stereocenters. The van der Waals surface area contributed by atoms with E-state index in [4.69, 9.17) is 9.47 Å². The molecule has 0 amide bonds. The van der Waals surface area contributed by atoms with Crippen LogP contribution in [0.1, 0.15) is 37.9 Å². The van der Waals surface area contributed by atoms with Gasteiger partial charge in [0.15, 0.2) is 6.29 Å². The van der Waals surface area contributed by atoms with E-state index in [0.29, 0.717) is 0 Å². The molecule has 1 aromatic carbocycles. The molecular weight excluding hydrogens is 226 g/mol. The van der Waals surface area contributed by atoms with Crippen molar-refractivity contribution >= 4 is 0 Å². The highest BCUT2D eigenvalue weighted by Gasteiger charge is 2.21. The highest BCUT2D eigenvalue weighted by molar-refractivity contribution is 5.29. The van der Waals surface area contributed by atoms with Crippen LogP contribution in [0.4, 0.5) is 0 Å². The van der Waals surface area contributed by atoms with Gasteiger partial charge in [0.25, 0.3) is 0 Å². The van der Waals surface area contributed by atoms with Crippen molar-refractivity contribution in [3.05, 3.63) is 35.4 Å². The highest BCUT2D eigenvalue weighted by Crippen LogP contribution is 2.25. The van der Waals surface area contributed by atoms with Gasteiger partial charge in [0.05, 0.1) is 6.04 Å². The second-order valence-electron chi connectivity index (χ2n) is 5.48. The Morgan fingerprint density at radius 3 is 1.83 bits per heavy atom. The molecule has 0 fully saturated rings. The van der Waals surface area contributed by atoms with E-state index in [1.165, 1.54) is 11.1 Å². The van der Waals surface area contributed by atoms with Crippen LogP contribution in [0.25, 0.3) is 0 Å². The maximum absolute atomic E-state index is 5.32. The molecule has 0 aliphatic heterocycles. The summed E-state index contributed by atoms with van der Waals surface area (Å²) in [5.74, 6) is 0. The minimum atomic E-state index is -0.282. The molecule has 1 N–H and O–H groups in total. The minimum absolute atomic E-state index is 0.0361. The largest absolute Gasteiger partial charge is 0.354 e. The average Bonchev–Trinajstić information content (AvgIpc) is 2.35. The van der Waals surface area contributed by atoms with E-state index in [9.17, 15) is 0 Å². The zero-order valence-electron chi connectivity index (χ0n) is 12.3. The topological polar surface area (TPSA) is 30.5 Å². The fourth-order valence-electron chi connectivity index (χ4n) is 2.02. The Bertz CT molecular complexity index is 350. The second kappa shape index (κ2) is 6.32. The Morgan fingerprint density at radius 2 is 1.50 bits per heavy atom. The second-order valence-corrected chi connectivity index (χ2v) is 5.48. The smallest absolute Gasteiger partial charge is 0.176 e. The first-order valence-corrected chi connectivity index (χ1v) is 6.27. The van der Waals surface area contributed by atoms with E-state index in [1.54, 1.807) is 14.2 Å². The first-order chi connectivity index (χ1) is 8.43. The van der Waals surface area contributed by atoms with Gasteiger partial charge < -0.3 is 14.8 Å². The molecule has 1 unspecified atom stereocenters. The number of ether oxygens (including phenoxy) is 2. The predicted octanol–water partition coefficient (Wildman–Crippen LogP) is 2.86. The third kappa shape index (κ3) is 3.55. The summed E-state index contributed by atoms with van der Waals surface area (Å²) in [4.78, 5) is 0. The average molecular weight is 251 g/mol. The normalized spacial score (nSPS) is 13.9. The van der Waals surface area contributed by atoms with Gasteiger partial charge in [0.2, 0.25) is 0 Å². The van der Waals surface area contributed by atoms with Gasteiger partial charge in [-0.05, 0) is 23.6 Å². The van der Waals surface area contributed by atoms with Crippen LogP contribution in [-0.2, 0) is 14.9 Å². The molecule has 1 rings (SSSR count). The van der Waals surface area contributed by atoms with E-state index in [2.05, 4.69) is 50.4 Å². The first kappa shape index (κ1) is 15.2. The summed E-state index contributed by atoms with van der Waals surface area (Å²) >= 11 is 0. The van der Waals surface area contributed by atoms with Crippen LogP contribution in [0, 0.1) is 0 Å². The van der Waals surface area contributed by atoms with Crippen LogP contribution in [0.5, 0.6) is 0 Å². The summed E-state index contributed by atoms with van der Waals surface area (Å²) in [6.45, 7) is 6.64. The Morgan fingerprint density at radius 1 is 1.00 bits per heavy atom. The molecule has 0 saturated carbocycles. The van der Waals surface area contributed by atoms with Crippen molar-refractivity contribution in [3.63, 3.8) is 0 Å². The standard InChI is InChI=1S/C15H25NO2/c1-15(2,3)12-9-7-11(8-10-12)13(16-4)14(17-5)18-6/h7-10,13-14,16H,1-6H3. The van der Waals surface area contributed by atoms with E-state index < -0.39 is 0 Å². The van der Waals surface area contributed by atoms with E-state index in [1.807, 2.05) is 7.05 Å². The third-order valence-electron chi connectivity index (χ3n) is 3.18. The summed E-state index contributed by atoms with van der Waals surface area (Å²) in [6, 6.07) is 8.64. The number of rotatable bonds is 5. The number of likely N-dealkylation sites (N-methyl/N-ethyl adjacent to an activating group) is 1. The van der Waals surface area contributed by atoms with Crippen LogP contribution in [-0.4, -0.2) is 27.6 Å². The van der Waals surface area contributed by atoms with E-state index in [-0.39, 0.29) is 17.7 Å². The molecule has 0 bridgehead atoms. The number of hydrogen-bond donors (Lipinski definition) is 1. The number of nitrogens with one attached hydrogen (secondary N) is 1. The maximum atomic E-state index is 5.32. The number of methoxy groups -OCH3 is 2. The van der Waals surface area contributed by atoms with Crippen molar-refractivity contribution in [1.82, 2.24) is 5.32 Å². The Hall–Kier alpha value is -0.900. The molecular formula is C15H25NO2. The first-order valence-electron chi connectivity index (χ1n) is 6.27. The van der Waals surface area contributed by atoms with Gasteiger partial charge in [-0.15, -0.1) is 0 Å². The van der Waals surface area contributed by atoms with Crippen molar-refractivity contribution in [3.8, 4) is 0 Å².